The molecule has 0 amide bonds. The minimum Gasteiger partial charge on any atom is -0.507 e. The lowest BCUT2D eigenvalue weighted by molar-refractivity contribution is -0.137. The second kappa shape index (κ2) is 9.59. The average molecular weight is 488 g/mol. The van der Waals surface area contributed by atoms with Crippen molar-refractivity contribution in [3.8, 4) is 17.2 Å². The molecular formula is C23H29ClF3N3O3. The molecule has 2 aromatic carbocycles. The van der Waals surface area contributed by atoms with Crippen molar-refractivity contribution in [2.45, 2.75) is 58.7 Å². The predicted molar refractivity (Wildman–Crippen MR) is 124 cm³/mol. The van der Waals surface area contributed by atoms with Crippen LogP contribution in [-0.2, 0) is 12.6 Å². The second-order valence-corrected chi connectivity index (χ2v) is 8.43. The van der Waals surface area contributed by atoms with E-state index in [0.717, 1.165) is 40.5 Å². The van der Waals surface area contributed by atoms with Gasteiger partial charge >= 0.3 is 6.18 Å². The molecule has 0 aliphatic carbocycles. The number of aromatic hydroxyl groups is 1. The molecule has 0 spiro atoms. The number of phenolic OH excluding ortho intramolecular Hbond substituents is 1. The van der Waals surface area contributed by atoms with Gasteiger partial charge in [-0.3, -0.25) is 5.41 Å². The smallest absolute Gasteiger partial charge is 0.418 e. The van der Waals surface area contributed by atoms with Gasteiger partial charge in [-0.15, -0.1) is 12.4 Å². The van der Waals surface area contributed by atoms with Gasteiger partial charge in [0.05, 0.1) is 17.9 Å². The highest BCUT2D eigenvalue weighted by molar-refractivity contribution is 5.90. The molecule has 0 aromatic heterocycles. The molecule has 33 heavy (non-hydrogen) atoms. The highest BCUT2D eigenvalue weighted by Crippen LogP contribution is 2.44. The number of alkyl halides is 3. The summed E-state index contributed by atoms with van der Waals surface area (Å²) in [5.41, 5.74) is 6.84. The third kappa shape index (κ3) is 5.58. The van der Waals surface area contributed by atoms with E-state index in [1.165, 1.54) is 12.1 Å². The molecule has 1 aliphatic heterocycles. The zero-order valence-corrected chi connectivity index (χ0v) is 19.8. The van der Waals surface area contributed by atoms with Crippen molar-refractivity contribution < 1.29 is 27.8 Å². The maximum atomic E-state index is 13.4. The average Bonchev–Trinajstić information content (AvgIpc) is 2.70. The summed E-state index contributed by atoms with van der Waals surface area (Å²) in [6, 6.07) is 3.49. The molecule has 6 nitrogen and oxygen atoms in total. The van der Waals surface area contributed by atoms with Crippen LogP contribution < -0.4 is 20.5 Å². The first-order valence-corrected chi connectivity index (χ1v) is 10.3. The molecule has 0 saturated heterocycles. The number of halogens is 4. The van der Waals surface area contributed by atoms with Gasteiger partial charge in [0.15, 0.2) is 5.96 Å². The minimum atomic E-state index is -4.63. The van der Waals surface area contributed by atoms with Crippen molar-refractivity contribution in [1.29, 1.82) is 5.41 Å². The molecule has 1 atom stereocenters. The fourth-order valence-electron chi connectivity index (χ4n) is 3.96. The van der Waals surface area contributed by atoms with Crippen molar-refractivity contribution in [3.05, 3.63) is 46.0 Å². The molecule has 3 rings (SSSR count). The largest absolute Gasteiger partial charge is 0.507 e. The summed E-state index contributed by atoms with van der Waals surface area (Å²) in [5.74, 6) is 0.547. The van der Waals surface area contributed by atoms with E-state index in [-0.39, 0.29) is 30.5 Å². The number of fused-ring (bicyclic) bond motifs is 1. The molecule has 0 saturated carbocycles. The number of nitrogens with two attached hydrogens (primary N) is 1. The number of anilines is 1. The number of rotatable bonds is 5. The van der Waals surface area contributed by atoms with Gasteiger partial charge in [0.25, 0.3) is 0 Å². The summed E-state index contributed by atoms with van der Waals surface area (Å²) in [6.45, 7) is 7.75. The van der Waals surface area contributed by atoms with E-state index in [0.29, 0.717) is 18.6 Å². The van der Waals surface area contributed by atoms with Crippen molar-refractivity contribution in [3.63, 3.8) is 0 Å². The van der Waals surface area contributed by atoms with E-state index < -0.39 is 23.3 Å². The first-order valence-electron chi connectivity index (χ1n) is 10.3. The van der Waals surface area contributed by atoms with Gasteiger partial charge in [-0.2, -0.15) is 13.2 Å². The first-order chi connectivity index (χ1) is 14.8. The highest BCUT2D eigenvalue weighted by Gasteiger charge is 2.36. The Morgan fingerprint density at radius 2 is 1.91 bits per heavy atom. The Balaban J connectivity index is 0.00000385. The maximum Gasteiger partial charge on any atom is 0.418 e. The Labute approximate surface area is 197 Å². The standard InChI is InChI=1S/C23H28F3N3O3.ClH/c1-12-13(2)20-16(14(3)19(12)30)7-8-22(4,32-20)9-10-31-15-5-6-18(29-21(27)28)17(11-15)23(24,25)26;/h5-6,11,30H,7-10H2,1-4H3,(H4,27,28,29);1H. The molecule has 1 heterocycles. The minimum absolute atomic E-state index is 0. The molecule has 10 heteroatoms. The van der Waals surface area contributed by atoms with Crippen LogP contribution >= 0.6 is 12.4 Å². The zero-order chi connectivity index (χ0) is 23.8. The summed E-state index contributed by atoms with van der Waals surface area (Å²) in [6.07, 6.45) is -2.73. The van der Waals surface area contributed by atoms with Gasteiger partial charge in [0.2, 0.25) is 0 Å². The number of benzene rings is 2. The number of phenols is 1. The topological polar surface area (TPSA) is 101 Å². The van der Waals surface area contributed by atoms with Crippen LogP contribution in [0.1, 0.15) is 47.6 Å². The summed E-state index contributed by atoms with van der Waals surface area (Å²) in [7, 11) is 0. The highest BCUT2D eigenvalue weighted by atomic mass is 35.5. The summed E-state index contributed by atoms with van der Waals surface area (Å²) in [5, 5.41) is 19.7. The van der Waals surface area contributed by atoms with E-state index >= 15 is 0 Å². The fraction of sp³-hybridized carbons (Fsp3) is 0.435. The molecule has 1 unspecified atom stereocenters. The fourth-order valence-corrected chi connectivity index (χ4v) is 3.96. The molecule has 182 valence electrons. The van der Waals surface area contributed by atoms with Gasteiger partial charge in [0.1, 0.15) is 22.8 Å². The van der Waals surface area contributed by atoms with E-state index in [1.54, 1.807) is 0 Å². The lowest BCUT2D eigenvalue weighted by atomic mass is 9.86. The van der Waals surface area contributed by atoms with Crippen LogP contribution in [0.15, 0.2) is 18.2 Å². The Bertz CT molecular complexity index is 1060. The third-order valence-corrected chi connectivity index (χ3v) is 6.06. The Hall–Kier alpha value is -2.81. The lowest BCUT2D eigenvalue weighted by Crippen LogP contribution is -2.38. The Morgan fingerprint density at radius 1 is 1.24 bits per heavy atom. The zero-order valence-electron chi connectivity index (χ0n) is 18.9. The van der Waals surface area contributed by atoms with Crippen LogP contribution in [0.3, 0.4) is 0 Å². The van der Waals surface area contributed by atoms with Crippen LogP contribution in [0.2, 0.25) is 0 Å². The predicted octanol–water partition coefficient (Wildman–Crippen LogP) is 5.62. The number of ether oxygens (including phenoxy) is 2. The van der Waals surface area contributed by atoms with Gasteiger partial charge in [-0.25, -0.2) is 0 Å². The number of nitrogens with one attached hydrogen (secondary N) is 2. The molecule has 1 aliphatic rings. The molecular weight excluding hydrogens is 459 g/mol. The van der Waals surface area contributed by atoms with Crippen LogP contribution in [0.5, 0.6) is 17.2 Å². The molecule has 2 aromatic rings. The number of hydrogen-bond donors (Lipinski definition) is 4. The van der Waals surface area contributed by atoms with Crippen molar-refractivity contribution in [2.75, 3.05) is 11.9 Å². The van der Waals surface area contributed by atoms with Crippen LogP contribution in [0.4, 0.5) is 18.9 Å². The van der Waals surface area contributed by atoms with E-state index in [1.807, 2.05) is 27.7 Å². The van der Waals surface area contributed by atoms with Crippen molar-refractivity contribution >= 4 is 24.1 Å². The summed E-state index contributed by atoms with van der Waals surface area (Å²) < 4.78 is 52.1. The van der Waals surface area contributed by atoms with E-state index in [2.05, 4.69) is 5.32 Å². The Morgan fingerprint density at radius 3 is 2.52 bits per heavy atom. The summed E-state index contributed by atoms with van der Waals surface area (Å²) in [4.78, 5) is 0. The second-order valence-electron chi connectivity index (χ2n) is 8.43. The summed E-state index contributed by atoms with van der Waals surface area (Å²) >= 11 is 0. The molecule has 5 N–H and O–H groups in total. The van der Waals surface area contributed by atoms with E-state index in [9.17, 15) is 18.3 Å². The van der Waals surface area contributed by atoms with E-state index in [4.69, 9.17) is 20.6 Å². The van der Waals surface area contributed by atoms with Gasteiger partial charge in [-0.05, 0) is 75.4 Å². The van der Waals surface area contributed by atoms with Gasteiger partial charge < -0.3 is 25.6 Å². The SMILES string of the molecule is Cc1c(C)c2c(c(C)c1O)CCC(C)(CCOc1ccc(NC(=N)N)c(C(F)(F)F)c1)O2.Cl. The molecule has 0 bridgehead atoms. The first kappa shape index (κ1) is 26.4. The number of guanidine groups is 1. The van der Waals surface area contributed by atoms with Crippen LogP contribution in [-0.4, -0.2) is 23.3 Å². The quantitative estimate of drug-likeness (QED) is 0.324. The molecule has 0 fully saturated rings. The maximum absolute atomic E-state index is 13.4. The number of hydrogen-bond acceptors (Lipinski definition) is 4. The normalized spacial score (nSPS) is 17.4. The molecule has 0 radical (unpaired) electrons. The van der Waals surface area contributed by atoms with Crippen LogP contribution in [0.25, 0.3) is 0 Å². The third-order valence-electron chi connectivity index (χ3n) is 6.06. The van der Waals surface area contributed by atoms with Crippen molar-refractivity contribution in [1.82, 2.24) is 0 Å². The monoisotopic (exact) mass is 487 g/mol. The van der Waals surface area contributed by atoms with Crippen molar-refractivity contribution in [2.24, 2.45) is 5.73 Å². The van der Waals surface area contributed by atoms with Gasteiger partial charge in [-0.1, -0.05) is 0 Å². The lowest BCUT2D eigenvalue weighted by Gasteiger charge is -2.38. The van der Waals surface area contributed by atoms with Gasteiger partial charge in [0, 0.05) is 12.0 Å². The van der Waals surface area contributed by atoms with Crippen LogP contribution in [0, 0.1) is 26.2 Å². The Kier molecular flexibility index (Phi) is 7.68.